The highest BCUT2D eigenvalue weighted by atomic mass is 32.1. The largest absolute Gasteiger partial charge is 0.489 e. The molecule has 0 bridgehead atoms. The zero-order valence-electron chi connectivity index (χ0n) is 13.4. The Morgan fingerprint density at radius 2 is 1.95 bits per heavy atom. The fourth-order valence-corrected chi connectivity index (χ4v) is 2.80. The van der Waals surface area contributed by atoms with Crippen LogP contribution in [-0.4, -0.2) is 11.1 Å². The van der Waals surface area contributed by atoms with Gasteiger partial charge in [0.25, 0.3) is 0 Å². The van der Waals surface area contributed by atoms with Gasteiger partial charge >= 0.3 is 0 Å². The van der Waals surface area contributed by atoms with Crippen molar-refractivity contribution in [2.45, 2.75) is 52.7 Å². The summed E-state index contributed by atoms with van der Waals surface area (Å²) in [6, 6.07) is 8.05. The van der Waals surface area contributed by atoms with Crippen LogP contribution in [0, 0.1) is 0 Å². The van der Waals surface area contributed by atoms with Crippen LogP contribution in [0.3, 0.4) is 0 Å². The Hall–Kier alpha value is -1.55. The van der Waals surface area contributed by atoms with Crippen molar-refractivity contribution < 1.29 is 4.74 Å². The number of benzene rings is 1. The van der Waals surface area contributed by atoms with Crippen LogP contribution in [-0.2, 0) is 12.0 Å². The Kier molecular flexibility index (Phi) is 4.88. The highest BCUT2D eigenvalue weighted by molar-refractivity contribution is 7.11. The number of nitrogens with one attached hydrogen (secondary N) is 1. The summed E-state index contributed by atoms with van der Waals surface area (Å²) >= 11 is 1.76. The zero-order chi connectivity index (χ0) is 15.5. The lowest BCUT2D eigenvalue weighted by Gasteiger charge is -2.15. The molecule has 2 rings (SSSR count). The fraction of sp³-hybridized carbons (Fsp3) is 0.471. The van der Waals surface area contributed by atoms with E-state index in [0.29, 0.717) is 0 Å². The molecule has 0 aliphatic carbocycles. The summed E-state index contributed by atoms with van der Waals surface area (Å²) in [5.41, 5.74) is 1.14. The summed E-state index contributed by atoms with van der Waals surface area (Å²) in [6.45, 7) is 11.4. The van der Waals surface area contributed by atoms with Gasteiger partial charge in [-0.1, -0.05) is 32.9 Å². The van der Waals surface area contributed by atoms with E-state index in [1.165, 1.54) is 9.88 Å². The lowest BCUT2D eigenvalue weighted by Crippen LogP contribution is -2.09. The second-order valence-corrected chi connectivity index (χ2v) is 7.51. The maximum Gasteiger partial charge on any atom is 0.142 e. The second-order valence-electron chi connectivity index (χ2n) is 6.40. The van der Waals surface area contributed by atoms with Crippen molar-refractivity contribution in [3.8, 4) is 5.75 Å². The Bertz CT molecular complexity index is 584. The summed E-state index contributed by atoms with van der Waals surface area (Å²) in [4.78, 5) is 5.75. The standard InChI is InChI=1S/C17H24N2OS/c1-12(2)20-15-9-7-6-8-14(15)18-10-13-11-19-16(21-13)17(3,4)5/h6-9,11-12,18H,10H2,1-5H3. The molecule has 0 fully saturated rings. The van der Waals surface area contributed by atoms with Gasteiger partial charge in [0, 0.05) is 16.5 Å². The first-order chi connectivity index (χ1) is 9.86. The summed E-state index contributed by atoms with van der Waals surface area (Å²) in [7, 11) is 0. The summed E-state index contributed by atoms with van der Waals surface area (Å²) in [5, 5.41) is 4.62. The molecule has 2 aromatic rings. The van der Waals surface area contributed by atoms with E-state index in [0.717, 1.165) is 18.0 Å². The van der Waals surface area contributed by atoms with Crippen LogP contribution in [0.25, 0.3) is 0 Å². The molecule has 1 heterocycles. The monoisotopic (exact) mass is 304 g/mol. The number of aromatic nitrogens is 1. The first-order valence-electron chi connectivity index (χ1n) is 7.31. The molecule has 0 unspecified atom stereocenters. The van der Waals surface area contributed by atoms with Crippen molar-refractivity contribution >= 4 is 17.0 Å². The van der Waals surface area contributed by atoms with E-state index in [-0.39, 0.29) is 11.5 Å². The summed E-state index contributed by atoms with van der Waals surface area (Å²) < 4.78 is 5.82. The van der Waals surface area contributed by atoms with Crippen LogP contribution < -0.4 is 10.1 Å². The minimum absolute atomic E-state index is 0.113. The van der Waals surface area contributed by atoms with Crippen LogP contribution in [0.5, 0.6) is 5.75 Å². The molecule has 0 aliphatic rings. The number of para-hydroxylation sites is 2. The number of nitrogens with zero attached hydrogens (tertiary/aromatic N) is 1. The third kappa shape index (κ3) is 4.46. The van der Waals surface area contributed by atoms with Gasteiger partial charge < -0.3 is 10.1 Å². The van der Waals surface area contributed by atoms with E-state index in [2.05, 4.69) is 31.1 Å². The average molecular weight is 304 g/mol. The van der Waals surface area contributed by atoms with Crippen molar-refractivity contribution in [3.05, 3.63) is 40.3 Å². The Balaban J connectivity index is 2.05. The smallest absolute Gasteiger partial charge is 0.142 e. The quantitative estimate of drug-likeness (QED) is 0.858. The van der Waals surface area contributed by atoms with Crippen molar-refractivity contribution in [1.82, 2.24) is 4.98 Å². The molecule has 21 heavy (non-hydrogen) atoms. The number of ether oxygens (including phenoxy) is 1. The first kappa shape index (κ1) is 15.8. The summed E-state index contributed by atoms with van der Waals surface area (Å²) in [5.74, 6) is 0.896. The number of rotatable bonds is 5. The van der Waals surface area contributed by atoms with Crippen molar-refractivity contribution in [2.75, 3.05) is 5.32 Å². The molecule has 1 aromatic heterocycles. The molecule has 1 N–H and O–H groups in total. The Morgan fingerprint density at radius 3 is 2.57 bits per heavy atom. The minimum atomic E-state index is 0.113. The molecule has 0 atom stereocenters. The van der Waals surface area contributed by atoms with Gasteiger partial charge in [-0.05, 0) is 26.0 Å². The fourth-order valence-electron chi connectivity index (χ4n) is 1.89. The SMILES string of the molecule is CC(C)Oc1ccccc1NCc1cnc(C(C)(C)C)s1. The van der Waals surface area contributed by atoms with Crippen LogP contribution in [0.2, 0.25) is 0 Å². The van der Waals surface area contributed by atoms with E-state index in [4.69, 9.17) is 4.74 Å². The number of anilines is 1. The highest BCUT2D eigenvalue weighted by Crippen LogP contribution is 2.29. The molecule has 0 saturated heterocycles. The van der Waals surface area contributed by atoms with Crippen LogP contribution >= 0.6 is 11.3 Å². The first-order valence-corrected chi connectivity index (χ1v) is 8.12. The predicted octanol–water partition coefficient (Wildman–Crippen LogP) is 4.84. The van der Waals surface area contributed by atoms with Gasteiger partial charge in [0.1, 0.15) is 5.75 Å². The second kappa shape index (κ2) is 6.48. The zero-order valence-corrected chi connectivity index (χ0v) is 14.3. The molecular weight excluding hydrogens is 280 g/mol. The topological polar surface area (TPSA) is 34.1 Å². The van der Waals surface area contributed by atoms with Gasteiger partial charge in [-0.15, -0.1) is 11.3 Å². The minimum Gasteiger partial charge on any atom is -0.489 e. The highest BCUT2D eigenvalue weighted by Gasteiger charge is 2.17. The lowest BCUT2D eigenvalue weighted by atomic mass is 9.98. The van der Waals surface area contributed by atoms with E-state index in [1.807, 2.05) is 44.3 Å². The molecule has 4 heteroatoms. The van der Waals surface area contributed by atoms with E-state index in [1.54, 1.807) is 11.3 Å². The number of hydrogen-bond acceptors (Lipinski definition) is 4. The van der Waals surface area contributed by atoms with Crippen LogP contribution in [0.1, 0.15) is 44.5 Å². The number of thiazole rings is 1. The third-order valence-electron chi connectivity index (χ3n) is 2.90. The van der Waals surface area contributed by atoms with Crippen LogP contribution in [0.4, 0.5) is 5.69 Å². The van der Waals surface area contributed by atoms with Gasteiger partial charge in [-0.3, -0.25) is 0 Å². The predicted molar refractivity (Wildman–Crippen MR) is 90.3 cm³/mol. The molecule has 3 nitrogen and oxygen atoms in total. The van der Waals surface area contributed by atoms with E-state index in [9.17, 15) is 0 Å². The average Bonchev–Trinajstić information content (AvgIpc) is 2.86. The van der Waals surface area contributed by atoms with Crippen molar-refractivity contribution in [1.29, 1.82) is 0 Å². The maximum atomic E-state index is 5.82. The van der Waals surface area contributed by atoms with Gasteiger partial charge in [-0.25, -0.2) is 4.98 Å². The van der Waals surface area contributed by atoms with Crippen molar-refractivity contribution in [2.24, 2.45) is 0 Å². The van der Waals surface area contributed by atoms with Gasteiger partial charge in [-0.2, -0.15) is 0 Å². The Labute approximate surface area is 131 Å². The molecule has 0 radical (unpaired) electrons. The van der Waals surface area contributed by atoms with Crippen molar-refractivity contribution in [3.63, 3.8) is 0 Å². The van der Waals surface area contributed by atoms with E-state index >= 15 is 0 Å². The molecule has 0 spiro atoms. The third-order valence-corrected chi connectivity index (χ3v) is 4.32. The number of hydrogen-bond donors (Lipinski definition) is 1. The van der Waals surface area contributed by atoms with Gasteiger partial charge in [0.15, 0.2) is 0 Å². The molecule has 0 aliphatic heterocycles. The Morgan fingerprint density at radius 1 is 1.24 bits per heavy atom. The van der Waals surface area contributed by atoms with E-state index < -0.39 is 0 Å². The maximum absolute atomic E-state index is 5.82. The van der Waals surface area contributed by atoms with Gasteiger partial charge in [0.05, 0.1) is 23.3 Å². The van der Waals surface area contributed by atoms with Gasteiger partial charge in [0.2, 0.25) is 0 Å². The van der Waals surface area contributed by atoms with Crippen LogP contribution in [0.15, 0.2) is 30.5 Å². The lowest BCUT2D eigenvalue weighted by molar-refractivity contribution is 0.243. The summed E-state index contributed by atoms with van der Waals surface area (Å²) in [6.07, 6.45) is 2.13. The molecular formula is C17H24N2OS. The normalized spacial score (nSPS) is 11.7. The molecule has 114 valence electrons. The molecule has 0 saturated carbocycles. The molecule has 0 amide bonds. The molecule has 1 aromatic carbocycles.